The van der Waals surface area contributed by atoms with Gasteiger partial charge in [0.1, 0.15) is 5.82 Å². The van der Waals surface area contributed by atoms with Crippen molar-refractivity contribution in [1.29, 1.82) is 0 Å². The Kier molecular flexibility index (Phi) is 9.21. The molecule has 9 heteroatoms. The molecule has 2 saturated heterocycles. The summed E-state index contributed by atoms with van der Waals surface area (Å²) >= 11 is 0. The second-order valence-electron chi connectivity index (χ2n) is 12.7. The van der Waals surface area contributed by atoms with Gasteiger partial charge in [0, 0.05) is 67.9 Å². The molecule has 3 aromatic rings. The highest BCUT2D eigenvalue weighted by atomic mass is 16.2. The fraction of sp³-hybridized carbons (Fsp3) is 0.514. The lowest BCUT2D eigenvalue weighted by Crippen LogP contribution is -2.46. The molecule has 0 unspecified atom stereocenters. The van der Waals surface area contributed by atoms with Crippen molar-refractivity contribution in [2.24, 2.45) is 10.9 Å². The molecular formula is C35H46N8O. The standard InChI is InChI=1S/C35H46N8O/c1-4-6-28(21-36-2)26-7-5-8-27(19-26)33-39-23-31(34(41-33)38-20-25-12-17-37-18-13-25)29-22-40-43(24-29)30-9-14-35(15-10-30)16-11-32(44)42(35)3/h5-8,19,21-25,30,37H,4,9-18,20H2,1-3H3,(H,38,39,41)/b28-6+,36-21-/t30-,35+. The molecule has 2 aromatic heterocycles. The molecule has 1 saturated carbocycles. The molecule has 4 heterocycles. The van der Waals surface area contributed by atoms with Gasteiger partial charge in [0.05, 0.1) is 12.2 Å². The number of nitrogens with zero attached hydrogens (tertiary/aromatic N) is 6. The second-order valence-corrected chi connectivity index (χ2v) is 12.7. The van der Waals surface area contributed by atoms with Crippen molar-refractivity contribution in [3.8, 4) is 22.5 Å². The minimum atomic E-state index is 0.0483. The van der Waals surface area contributed by atoms with Gasteiger partial charge in [-0.3, -0.25) is 14.5 Å². The van der Waals surface area contributed by atoms with Gasteiger partial charge in [0.2, 0.25) is 5.91 Å². The maximum atomic E-state index is 12.2. The average Bonchev–Trinajstić information content (AvgIpc) is 3.66. The molecule has 0 bridgehead atoms. The summed E-state index contributed by atoms with van der Waals surface area (Å²) in [6.45, 7) is 5.15. The number of nitrogens with one attached hydrogen (secondary N) is 2. The predicted octanol–water partition coefficient (Wildman–Crippen LogP) is 6.02. The molecule has 3 fully saturated rings. The Hall–Kier alpha value is -3.85. The van der Waals surface area contributed by atoms with E-state index in [0.29, 0.717) is 24.2 Å². The maximum Gasteiger partial charge on any atom is 0.222 e. The minimum Gasteiger partial charge on any atom is -0.369 e. The molecule has 1 spiro atoms. The third kappa shape index (κ3) is 6.34. The molecule has 1 aliphatic carbocycles. The van der Waals surface area contributed by atoms with Crippen molar-refractivity contribution in [1.82, 2.24) is 30.0 Å². The first-order valence-corrected chi connectivity index (χ1v) is 16.4. The van der Waals surface area contributed by atoms with E-state index in [1.54, 1.807) is 7.05 Å². The number of piperidine rings is 1. The summed E-state index contributed by atoms with van der Waals surface area (Å²) in [5.74, 6) is 2.45. The Morgan fingerprint density at radius 1 is 1.14 bits per heavy atom. The van der Waals surface area contributed by atoms with Crippen LogP contribution < -0.4 is 10.6 Å². The van der Waals surface area contributed by atoms with E-state index in [0.717, 1.165) is 105 Å². The monoisotopic (exact) mass is 594 g/mol. The zero-order chi connectivity index (χ0) is 30.5. The van der Waals surface area contributed by atoms with Crippen molar-refractivity contribution in [2.75, 3.05) is 39.0 Å². The number of allylic oxidation sites excluding steroid dienone is 2. The van der Waals surface area contributed by atoms with Crippen LogP contribution >= 0.6 is 0 Å². The van der Waals surface area contributed by atoms with E-state index >= 15 is 0 Å². The van der Waals surface area contributed by atoms with E-state index in [1.807, 2.05) is 30.6 Å². The first kappa shape index (κ1) is 30.2. The van der Waals surface area contributed by atoms with Crippen molar-refractivity contribution < 1.29 is 4.79 Å². The van der Waals surface area contributed by atoms with Crippen molar-refractivity contribution in [3.05, 3.63) is 54.5 Å². The van der Waals surface area contributed by atoms with E-state index in [1.165, 1.54) is 0 Å². The Morgan fingerprint density at radius 2 is 1.95 bits per heavy atom. The summed E-state index contributed by atoms with van der Waals surface area (Å²) in [7, 11) is 3.79. The van der Waals surface area contributed by atoms with Gasteiger partial charge < -0.3 is 15.5 Å². The highest BCUT2D eigenvalue weighted by molar-refractivity contribution is 6.10. The zero-order valence-corrected chi connectivity index (χ0v) is 26.4. The van der Waals surface area contributed by atoms with Gasteiger partial charge in [-0.1, -0.05) is 31.2 Å². The third-order valence-corrected chi connectivity index (χ3v) is 10.0. The van der Waals surface area contributed by atoms with Gasteiger partial charge >= 0.3 is 0 Å². The van der Waals surface area contributed by atoms with Crippen LogP contribution in [0.3, 0.4) is 0 Å². The summed E-state index contributed by atoms with van der Waals surface area (Å²) in [5.41, 5.74) is 5.24. The van der Waals surface area contributed by atoms with Crippen molar-refractivity contribution in [2.45, 2.75) is 76.3 Å². The molecule has 9 nitrogen and oxygen atoms in total. The first-order valence-electron chi connectivity index (χ1n) is 16.4. The van der Waals surface area contributed by atoms with Crippen LogP contribution in [0.25, 0.3) is 28.1 Å². The molecule has 0 atom stereocenters. The number of rotatable bonds is 9. The summed E-state index contributed by atoms with van der Waals surface area (Å²) < 4.78 is 2.13. The number of carbonyl (C=O) groups excluding carboxylic acids is 1. The first-order chi connectivity index (χ1) is 21.5. The van der Waals surface area contributed by atoms with E-state index in [-0.39, 0.29) is 11.4 Å². The highest BCUT2D eigenvalue weighted by Gasteiger charge is 2.45. The fourth-order valence-electron chi connectivity index (χ4n) is 7.24. The topological polar surface area (TPSA) is 100 Å². The minimum absolute atomic E-state index is 0.0483. The lowest BCUT2D eigenvalue weighted by Gasteiger charge is -2.42. The highest BCUT2D eigenvalue weighted by Crippen LogP contribution is 2.44. The molecule has 0 radical (unpaired) electrons. The average molecular weight is 595 g/mol. The number of benzene rings is 1. The number of anilines is 1. The van der Waals surface area contributed by atoms with Crippen LogP contribution in [0, 0.1) is 5.92 Å². The number of amides is 1. The number of likely N-dealkylation sites (tertiary alicyclic amines) is 1. The van der Waals surface area contributed by atoms with Crippen LogP contribution in [0.4, 0.5) is 5.82 Å². The van der Waals surface area contributed by atoms with Gasteiger partial charge in [-0.15, -0.1) is 0 Å². The van der Waals surface area contributed by atoms with Gasteiger partial charge in [-0.25, -0.2) is 9.97 Å². The summed E-state index contributed by atoms with van der Waals surface area (Å²) in [4.78, 5) is 28.5. The Balaban J connectivity index is 1.26. The number of aromatic nitrogens is 4. The Labute approximate surface area is 261 Å². The molecule has 3 aliphatic rings. The second kappa shape index (κ2) is 13.4. The quantitative estimate of drug-likeness (QED) is 0.294. The zero-order valence-electron chi connectivity index (χ0n) is 26.4. The van der Waals surface area contributed by atoms with Gasteiger partial charge in [-0.05, 0) is 87.6 Å². The summed E-state index contributed by atoms with van der Waals surface area (Å²) in [5, 5.41) is 12.0. The normalized spacial score (nSPS) is 23.2. The maximum absolute atomic E-state index is 12.2. The Bertz CT molecular complexity index is 1510. The van der Waals surface area contributed by atoms with Crippen molar-refractivity contribution in [3.63, 3.8) is 0 Å². The number of carbonyl (C=O) groups is 1. The van der Waals surface area contributed by atoms with Crippen LogP contribution in [-0.2, 0) is 4.79 Å². The van der Waals surface area contributed by atoms with E-state index in [4.69, 9.17) is 15.1 Å². The number of hydrogen-bond acceptors (Lipinski definition) is 7. The summed E-state index contributed by atoms with van der Waals surface area (Å²) in [6.07, 6.45) is 19.2. The molecule has 6 rings (SSSR count). The van der Waals surface area contributed by atoms with Crippen LogP contribution in [0.5, 0.6) is 0 Å². The molecule has 1 aromatic carbocycles. The van der Waals surface area contributed by atoms with Crippen molar-refractivity contribution >= 4 is 23.5 Å². The lowest BCUT2D eigenvalue weighted by molar-refractivity contribution is -0.130. The van der Waals surface area contributed by atoms with Crippen LogP contribution in [0.1, 0.15) is 76.3 Å². The Morgan fingerprint density at radius 3 is 2.68 bits per heavy atom. The van der Waals surface area contributed by atoms with E-state index in [9.17, 15) is 4.79 Å². The van der Waals surface area contributed by atoms with Crippen LogP contribution in [0.15, 0.2) is 53.9 Å². The molecule has 2 aliphatic heterocycles. The molecular weight excluding hydrogens is 548 g/mol. The fourth-order valence-corrected chi connectivity index (χ4v) is 7.24. The largest absolute Gasteiger partial charge is 0.369 e. The van der Waals surface area contributed by atoms with Crippen LogP contribution in [0.2, 0.25) is 0 Å². The van der Waals surface area contributed by atoms with E-state index < -0.39 is 0 Å². The molecule has 232 valence electrons. The SMILES string of the molecule is CC/C=C(\C=N/C)c1cccc(-c2ncc(-c3cnn([C@H]4CC[C@]5(CCC(=O)N5C)CC4)c3)c(NCC3CCNCC3)n2)c1. The predicted molar refractivity (Wildman–Crippen MR) is 178 cm³/mol. The third-order valence-electron chi connectivity index (χ3n) is 10.0. The molecule has 1 amide bonds. The van der Waals surface area contributed by atoms with Crippen LogP contribution in [-0.4, -0.2) is 76.0 Å². The van der Waals surface area contributed by atoms with Gasteiger partial charge in [0.25, 0.3) is 0 Å². The van der Waals surface area contributed by atoms with Gasteiger partial charge in [-0.2, -0.15) is 5.10 Å². The number of hydrogen-bond donors (Lipinski definition) is 2. The number of aliphatic imine (C=N–C) groups is 1. The lowest BCUT2D eigenvalue weighted by atomic mass is 9.78. The molecule has 2 N–H and O–H groups in total. The molecule has 44 heavy (non-hydrogen) atoms. The smallest absolute Gasteiger partial charge is 0.222 e. The van der Waals surface area contributed by atoms with Gasteiger partial charge in [0.15, 0.2) is 5.82 Å². The summed E-state index contributed by atoms with van der Waals surface area (Å²) in [6, 6.07) is 8.74. The van der Waals surface area contributed by atoms with E-state index in [2.05, 4.69) is 63.8 Å².